The number of carbonyl (C=O) groups excluding carboxylic acids is 1. The van der Waals surface area contributed by atoms with Gasteiger partial charge in [0.2, 0.25) is 5.91 Å². The molecule has 3 aliphatic carbocycles. The molecular formula is C22H29FN2O. The van der Waals surface area contributed by atoms with Gasteiger partial charge in [-0.3, -0.25) is 4.79 Å². The van der Waals surface area contributed by atoms with Gasteiger partial charge in [-0.25, -0.2) is 4.39 Å². The molecule has 1 aliphatic heterocycles. The summed E-state index contributed by atoms with van der Waals surface area (Å²) in [6, 6.07) is 5.17. The van der Waals surface area contributed by atoms with Crippen molar-refractivity contribution in [1.82, 2.24) is 10.2 Å². The van der Waals surface area contributed by atoms with E-state index < -0.39 is 0 Å². The Morgan fingerprint density at radius 1 is 1.35 bits per heavy atom. The fraction of sp³-hybridized carbons (Fsp3) is 0.682. The molecule has 4 aliphatic rings. The Morgan fingerprint density at radius 2 is 2.23 bits per heavy atom. The summed E-state index contributed by atoms with van der Waals surface area (Å²) in [5.74, 6) is 2.63. The van der Waals surface area contributed by atoms with Crippen molar-refractivity contribution in [3.05, 3.63) is 35.1 Å². The lowest BCUT2D eigenvalue weighted by molar-refractivity contribution is -0.119. The third-order valence-electron chi connectivity index (χ3n) is 7.74. The van der Waals surface area contributed by atoms with Crippen LogP contribution in [0.25, 0.3) is 0 Å². The first-order chi connectivity index (χ1) is 12.5. The number of amides is 1. The van der Waals surface area contributed by atoms with Crippen LogP contribution in [0.2, 0.25) is 0 Å². The van der Waals surface area contributed by atoms with Crippen LogP contribution in [0, 0.1) is 23.6 Å². The molecule has 5 rings (SSSR count). The summed E-state index contributed by atoms with van der Waals surface area (Å²) in [5.41, 5.74) is 2.36. The van der Waals surface area contributed by atoms with E-state index in [9.17, 15) is 9.18 Å². The van der Waals surface area contributed by atoms with Crippen LogP contribution in [0.5, 0.6) is 0 Å². The quantitative estimate of drug-likeness (QED) is 0.894. The number of benzene rings is 1. The average Bonchev–Trinajstić information content (AvgIpc) is 3.34. The maximum absolute atomic E-state index is 13.9. The van der Waals surface area contributed by atoms with Crippen molar-refractivity contribution in [1.29, 1.82) is 0 Å². The van der Waals surface area contributed by atoms with Gasteiger partial charge < -0.3 is 10.2 Å². The summed E-state index contributed by atoms with van der Waals surface area (Å²) in [5, 5.41) is 3.06. The fourth-order valence-electron chi connectivity index (χ4n) is 6.72. The molecule has 26 heavy (non-hydrogen) atoms. The van der Waals surface area contributed by atoms with Crippen molar-refractivity contribution < 1.29 is 9.18 Å². The number of hydrogen-bond acceptors (Lipinski definition) is 2. The molecule has 1 amide bonds. The van der Waals surface area contributed by atoms with Crippen molar-refractivity contribution >= 4 is 5.91 Å². The van der Waals surface area contributed by atoms with Crippen molar-refractivity contribution in [3.8, 4) is 0 Å². The maximum atomic E-state index is 13.9. The highest BCUT2D eigenvalue weighted by molar-refractivity contribution is 5.74. The number of nitrogens with zero attached hydrogens (tertiary/aromatic N) is 1. The van der Waals surface area contributed by atoms with Crippen molar-refractivity contribution in [2.24, 2.45) is 17.8 Å². The molecule has 5 atom stereocenters. The third-order valence-corrected chi connectivity index (χ3v) is 7.74. The first-order valence-corrected chi connectivity index (χ1v) is 10.3. The number of likely N-dealkylation sites (tertiary alicyclic amines) is 1. The molecule has 1 aromatic rings. The van der Waals surface area contributed by atoms with E-state index in [-0.39, 0.29) is 23.2 Å². The summed E-state index contributed by atoms with van der Waals surface area (Å²) in [4.78, 5) is 14.3. The van der Waals surface area contributed by atoms with Crippen LogP contribution in [0.3, 0.4) is 0 Å². The highest BCUT2D eigenvalue weighted by atomic mass is 19.1. The molecule has 0 radical (unpaired) electrons. The summed E-state index contributed by atoms with van der Waals surface area (Å²) in [7, 11) is 0. The van der Waals surface area contributed by atoms with Crippen LogP contribution in [-0.4, -0.2) is 30.4 Å². The summed E-state index contributed by atoms with van der Waals surface area (Å²) in [6.07, 6.45) is 7.85. The van der Waals surface area contributed by atoms with Crippen LogP contribution in [0.15, 0.2) is 18.2 Å². The molecule has 3 nitrogen and oxygen atoms in total. The van der Waals surface area contributed by atoms with E-state index in [1.54, 1.807) is 19.1 Å². The normalized spacial score (nSPS) is 38.2. The molecule has 0 aromatic heterocycles. The molecule has 1 heterocycles. The molecule has 4 heteroatoms. The number of fused-ring (bicyclic) bond motifs is 4. The summed E-state index contributed by atoms with van der Waals surface area (Å²) in [6.45, 7) is 5.00. The molecule has 1 aromatic carbocycles. The van der Waals surface area contributed by atoms with Gasteiger partial charge in [0.15, 0.2) is 0 Å². The Morgan fingerprint density at radius 3 is 2.96 bits per heavy atom. The molecule has 4 unspecified atom stereocenters. The highest BCUT2D eigenvalue weighted by Gasteiger charge is 2.49. The van der Waals surface area contributed by atoms with Crippen LogP contribution < -0.4 is 5.32 Å². The summed E-state index contributed by atoms with van der Waals surface area (Å²) < 4.78 is 13.9. The van der Waals surface area contributed by atoms with Gasteiger partial charge in [0.05, 0.1) is 6.04 Å². The Labute approximate surface area is 155 Å². The highest BCUT2D eigenvalue weighted by Crippen LogP contribution is 2.52. The standard InChI is InChI=1S/C22H29FN2O/c1-14(26)24-21-11-22(20-5-4-18(23)10-19(20)21)6-7-25(13-22)12-17-9-15-2-3-16(17)8-15/h4-5,10,15-17,21H,2-3,6-9,11-13H2,1H3,(H,24,26)/t15?,16?,17?,21-,22?/m0/s1. The van der Waals surface area contributed by atoms with Gasteiger partial charge in [-0.1, -0.05) is 12.5 Å². The lowest BCUT2D eigenvalue weighted by atomic mass is 9.81. The zero-order valence-electron chi connectivity index (χ0n) is 15.6. The molecule has 2 bridgehead atoms. The maximum Gasteiger partial charge on any atom is 0.217 e. The fourth-order valence-corrected chi connectivity index (χ4v) is 6.72. The number of hydrogen-bond donors (Lipinski definition) is 1. The lowest BCUT2D eigenvalue weighted by Gasteiger charge is -2.29. The number of halogens is 1. The Hall–Kier alpha value is -1.42. The smallest absolute Gasteiger partial charge is 0.217 e. The lowest BCUT2D eigenvalue weighted by Crippen LogP contribution is -2.34. The van der Waals surface area contributed by atoms with E-state index in [1.807, 2.05) is 6.07 Å². The van der Waals surface area contributed by atoms with Gasteiger partial charge in [-0.05, 0) is 79.7 Å². The molecule has 2 saturated carbocycles. The summed E-state index contributed by atoms with van der Waals surface area (Å²) >= 11 is 0. The Balaban J connectivity index is 1.35. The number of carbonyl (C=O) groups is 1. The van der Waals surface area contributed by atoms with E-state index in [1.165, 1.54) is 37.8 Å². The minimum atomic E-state index is -0.201. The van der Waals surface area contributed by atoms with Gasteiger partial charge in [-0.2, -0.15) is 0 Å². The molecule has 140 valence electrons. The van der Waals surface area contributed by atoms with E-state index in [2.05, 4.69) is 10.2 Å². The van der Waals surface area contributed by atoms with Gasteiger partial charge in [-0.15, -0.1) is 0 Å². The van der Waals surface area contributed by atoms with Gasteiger partial charge in [0, 0.05) is 25.4 Å². The first kappa shape index (κ1) is 16.7. The molecule has 3 fully saturated rings. The third kappa shape index (κ3) is 2.69. The van der Waals surface area contributed by atoms with Crippen LogP contribution in [0.1, 0.15) is 62.6 Å². The predicted octanol–water partition coefficient (Wildman–Crippen LogP) is 3.79. The van der Waals surface area contributed by atoms with E-state index in [4.69, 9.17) is 0 Å². The van der Waals surface area contributed by atoms with Gasteiger partial charge in [0.1, 0.15) is 5.82 Å². The predicted molar refractivity (Wildman–Crippen MR) is 99.2 cm³/mol. The first-order valence-electron chi connectivity index (χ1n) is 10.3. The second-order valence-electron chi connectivity index (χ2n) is 9.39. The minimum Gasteiger partial charge on any atom is -0.349 e. The van der Waals surface area contributed by atoms with Crippen molar-refractivity contribution in [3.63, 3.8) is 0 Å². The second-order valence-corrected chi connectivity index (χ2v) is 9.39. The zero-order valence-corrected chi connectivity index (χ0v) is 15.6. The SMILES string of the molecule is CC(=O)N[C@H]1CC2(CCN(CC3CC4CCC3C4)C2)c2ccc(F)cc21. The molecule has 1 N–H and O–H groups in total. The monoisotopic (exact) mass is 356 g/mol. The Bertz CT molecular complexity index is 735. The van der Waals surface area contributed by atoms with Crippen LogP contribution in [-0.2, 0) is 10.2 Å². The van der Waals surface area contributed by atoms with Crippen LogP contribution in [0.4, 0.5) is 4.39 Å². The number of nitrogens with one attached hydrogen (secondary N) is 1. The van der Waals surface area contributed by atoms with Gasteiger partial charge in [0.25, 0.3) is 0 Å². The Kier molecular flexibility index (Phi) is 3.89. The van der Waals surface area contributed by atoms with Gasteiger partial charge >= 0.3 is 0 Å². The van der Waals surface area contributed by atoms with Crippen molar-refractivity contribution in [2.45, 2.75) is 56.9 Å². The van der Waals surface area contributed by atoms with Crippen LogP contribution >= 0.6 is 0 Å². The molecule has 1 spiro atoms. The second kappa shape index (κ2) is 6.05. The zero-order chi connectivity index (χ0) is 17.9. The minimum absolute atomic E-state index is 0.0286. The molecule has 1 saturated heterocycles. The molecular weight excluding hydrogens is 327 g/mol. The average molecular weight is 356 g/mol. The largest absolute Gasteiger partial charge is 0.349 e. The van der Waals surface area contributed by atoms with Crippen molar-refractivity contribution in [2.75, 3.05) is 19.6 Å². The van der Waals surface area contributed by atoms with E-state index in [0.29, 0.717) is 0 Å². The number of rotatable bonds is 3. The van der Waals surface area contributed by atoms with E-state index >= 15 is 0 Å². The topological polar surface area (TPSA) is 32.3 Å². The van der Waals surface area contributed by atoms with E-state index in [0.717, 1.165) is 49.2 Å².